The van der Waals surface area contributed by atoms with Crippen molar-refractivity contribution in [1.82, 2.24) is 19.5 Å². The molecule has 2 aromatic carbocycles. The van der Waals surface area contributed by atoms with Gasteiger partial charge in [0.15, 0.2) is 34.0 Å². The molecule has 2 N–H and O–H groups in total. The highest BCUT2D eigenvalue weighted by molar-refractivity contribution is 9.10. The molecule has 0 aromatic heterocycles. The summed E-state index contributed by atoms with van der Waals surface area (Å²) in [5.41, 5.74) is 9.13. The van der Waals surface area contributed by atoms with Gasteiger partial charge in [-0.05, 0) is 63.9 Å². The first kappa shape index (κ1) is 20.9. The standard InChI is InChI=1S/C22H21BrN6O2S/c1-28(2)14-5-3-13(4-6-14)7-8-29-11-25-20(24)19-21(29)27-22(26-19)32-18-10-17-16(9-15(18)23)30-12-31-17/h3-6,9-11H,7-8,12,24H2,1-2H3. The molecule has 3 aliphatic rings. The number of fused-ring (bicyclic) bond motifs is 2. The van der Waals surface area contributed by atoms with Gasteiger partial charge >= 0.3 is 0 Å². The van der Waals surface area contributed by atoms with Gasteiger partial charge in [-0.2, -0.15) is 0 Å². The van der Waals surface area contributed by atoms with E-state index in [9.17, 15) is 0 Å². The fourth-order valence-electron chi connectivity index (χ4n) is 3.43. The number of anilines is 2. The largest absolute Gasteiger partial charge is 0.454 e. The minimum absolute atomic E-state index is 0.229. The fraction of sp³-hybridized carbons (Fsp3) is 0.227. The van der Waals surface area contributed by atoms with Crippen LogP contribution in [0, 0.1) is 0 Å². The van der Waals surface area contributed by atoms with Gasteiger partial charge in [0.2, 0.25) is 6.79 Å². The molecule has 8 nitrogen and oxygen atoms in total. The molecule has 5 rings (SSSR count). The molecule has 3 heterocycles. The summed E-state index contributed by atoms with van der Waals surface area (Å²) in [5, 5.41) is 0.600. The van der Waals surface area contributed by atoms with Gasteiger partial charge in [-0.1, -0.05) is 12.1 Å². The maximum absolute atomic E-state index is 6.10. The van der Waals surface area contributed by atoms with Crippen molar-refractivity contribution in [3.63, 3.8) is 0 Å². The Bertz CT molecular complexity index is 1240. The van der Waals surface area contributed by atoms with Gasteiger partial charge in [0, 0.05) is 35.7 Å². The van der Waals surface area contributed by atoms with Crippen LogP contribution in [0.15, 0.2) is 57.3 Å². The Hall–Kier alpha value is -2.98. The molecular weight excluding hydrogens is 492 g/mol. The Labute approximate surface area is 198 Å². The molecule has 32 heavy (non-hydrogen) atoms. The number of imidazole rings is 1. The number of rotatable bonds is 6. The minimum atomic E-state index is 0.229. The van der Waals surface area contributed by atoms with E-state index in [1.54, 1.807) is 6.33 Å². The molecule has 0 amide bonds. The first-order valence-electron chi connectivity index (χ1n) is 9.99. The first-order chi connectivity index (χ1) is 15.5. The zero-order chi connectivity index (χ0) is 22.2. The zero-order valence-corrected chi connectivity index (χ0v) is 20.0. The number of nitrogens with zero attached hydrogens (tertiary/aromatic N) is 5. The zero-order valence-electron chi connectivity index (χ0n) is 17.6. The van der Waals surface area contributed by atoms with E-state index >= 15 is 0 Å². The van der Waals surface area contributed by atoms with Gasteiger partial charge in [-0.3, -0.25) is 0 Å². The second kappa shape index (κ2) is 8.51. The minimum Gasteiger partial charge on any atom is -0.454 e. The lowest BCUT2D eigenvalue weighted by Gasteiger charge is -2.14. The average molecular weight is 513 g/mol. The molecule has 0 aliphatic carbocycles. The Morgan fingerprint density at radius 3 is 2.62 bits per heavy atom. The normalized spacial score (nSPS) is 12.5. The van der Waals surface area contributed by atoms with E-state index in [2.05, 4.69) is 55.1 Å². The van der Waals surface area contributed by atoms with E-state index in [1.807, 2.05) is 30.8 Å². The molecule has 0 radical (unpaired) electrons. The molecule has 0 atom stereocenters. The van der Waals surface area contributed by atoms with Crippen LogP contribution in [0.2, 0.25) is 0 Å². The van der Waals surface area contributed by atoms with Gasteiger partial charge in [0.1, 0.15) is 0 Å². The number of nitrogens with two attached hydrogens (primary N) is 1. The van der Waals surface area contributed by atoms with E-state index < -0.39 is 0 Å². The second-order valence-corrected chi connectivity index (χ2v) is 9.41. The van der Waals surface area contributed by atoms with Crippen LogP contribution >= 0.6 is 27.7 Å². The van der Waals surface area contributed by atoms with Crippen molar-refractivity contribution in [2.45, 2.75) is 23.0 Å². The summed E-state index contributed by atoms with van der Waals surface area (Å²) >= 11 is 5.02. The molecule has 2 aromatic rings. The fourth-order valence-corrected chi connectivity index (χ4v) is 4.78. The van der Waals surface area contributed by atoms with Crippen molar-refractivity contribution in [3.05, 3.63) is 52.8 Å². The van der Waals surface area contributed by atoms with Crippen LogP contribution in [0.5, 0.6) is 11.5 Å². The number of benzene rings is 2. The van der Waals surface area contributed by atoms with Gasteiger partial charge in [-0.15, -0.1) is 0 Å². The van der Waals surface area contributed by atoms with Crippen LogP contribution in [0.1, 0.15) is 5.56 Å². The Kier molecular flexibility index (Phi) is 5.56. The lowest BCUT2D eigenvalue weighted by atomic mass is 10.1. The highest BCUT2D eigenvalue weighted by Gasteiger charge is 2.22. The number of ether oxygens (including phenoxy) is 2. The van der Waals surface area contributed by atoms with E-state index in [0.717, 1.165) is 33.9 Å². The SMILES string of the molecule is CN(C)c1ccc(CCn2cnc(N)c3nc(Sc4cc5c(cc4Br)OCO5)nc2-3)cc1. The van der Waals surface area contributed by atoms with Crippen molar-refractivity contribution >= 4 is 39.2 Å². The summed E-state index contributed by atoms with van der Waals surface area (Å²) in [4.78, 5) is 16.7. The van der Waals surface area contributed by atoms with E-state index in [1.165, 1.54) is 23.0 Å². The Balaban J connectivity index is 1.38. The number of halogens is 1. The van der Waals surface area contributed by atoms with Crippen LogP contribution in [0.3, 0.4) is 0 Å². The van der Waals surface area contributed by atoms with Crippen molar-refractivity contribution in [2.24, 2.45) is 0 Å². The van der Waals surface area contributed by atoms with Crippen LogP contribution in [-0.4, -0.2) is 40.4 Å². The van der Waals surface area contributed by atoms with Crippen molar-refractivity contribution in [1.29, 1.82) is 0 Å². The number of nitrogen functional groups attached to an aromatic ring is 1. The summed E-state index contributed by atoms with van der Waals surface area (Å²) < 4.78 is 13.8. The molecule has 10 heteroatoms. The summed E-state index contributed by atoms with van der Waals surface area (Å²) in [7, 11) is 4.07. The smallest absolute Gasteiger partial charge is 0.231 e. The highest BCUT2D eigenvalue weighted by Crippen LogP contribution is 2.43. The molecule has 0 spiro atoms. The maximum atomic E-state index is 6.10. The van der Waals surface area contributed by atoms with Crippen molar-refractivity contribution < 1.29 is 9.47 Å². The average Bonchev–Trinajstić information content (AvgIpc) is 3.41. The summed E-state index contributed by atoms with van der Waals surface area (Å²) in [6, 6.07) is 12.4. The molecule has 0 saturated carbocycles. The Morgan fingerprint density at radius 2 is 1.88 bits per heavy atom. The highest BCUT2D eigenvalue weighted by atomic mass is 79.9. The van der Waals surface area contributed by atoms with Crippen LogP contribution in [0.4, 0.5) is 11.5 Å². The lowest BCUT2D eigenvalue weighted by molar-refractivity contribution is 0.174. The van der Waals surface area contributed by atoms with Crippen LogP contribution < -0.4 is 20.1 Å². The molecule has 0 saturated heterocycles. The number of hydrogen-bond donors (Lipinski definition) is 1. The molecular formula is C22H21BrN6O2S. The third-order valence-electron chi connectivity index (χ3n) is 5.19. The third-order valence-corrected chi connectivity index (χ3v) is 7.04. The number of aromatic nitrogens is 4. The quantitative estimate of drug-likeness (QED) is 0.408. The molecule has 3 aliphatic heterocycles. The predicted molar refractivity (Wildman–Crippen MR) is 128 cm³/mol. The molecule has 164 valence electrons. The Morgan fingerprint density at radius 1 is 1.12 bits per heavy atom. The van der Waals surface area contributed by atoms with Crippen LogP contribution in [-0.2, 0) is 13.0 Å². The molecule has 0 fully saturated rings. The molecule has 0 unspecified atom stereocenters. The second-order valence-electron chi connectivity index (χ2n) is 7.55. The van der Waals surface area contributed by atoms with Gasteiger partial charge in [0.05, 0.1) is 6.33 Å². The topological polar surface area (TPSA) is 91.3 Å². The van der Waals surface area contributed by atoms with E-state index in [0.29, 0.717) is 22.4 Å². The maximum Gasteiger partial charge on any atom is 0.231 e. The van der Waals surface area contributed by atoms with E-state index in [4.69, 9.17) is 20.2 Å². The van der Waals surface area contributed by atoms with E-state index in [-0.39, 0.29) is 6.79 Å². The number of aryl methyl sites for hydroxylation is 2. The summed E-state index contributed by atoms with van der Waals surface area (Å²) in [6.07, 6.45) is 2.58. The third kappa shape index (κ3) is 4.07. The first-order valence-corrected chi connectivity index (χ1v) is 11.6. The van der Waals surface area contributed by atoms with Gasteiger partial charge < -0.3 is 24.7 Å². The summed E-state index contributed by atoms with van der Waals surface area (Å²) in [5.74, 6) is 2.53. The summed E-state index contributed by atoms with van der Waals surface area (Å²) in [6.45, 7) is 0.953. The predicted octanol–water partition coefficient (Wildman–Crippen LogP) is 4.31. The lowest BCUT2D eigenvalue weighted by Crippen LogP contribution is -2.10. The number of hydrogen-bond acceptors (Lipinski definition) is 8. The van der Waals surface area contributed by atoms with Gasteiger partial charge in [0.25, 0.3) is 0 Å². The molecule has 0 bridgehead atoms. The van der Waals surface area contributed by atoms with Gasteiger partial charge in [-0.25, -0.2) is 15.0 Å². The van der Waals surface area contributed by atoms with Crippen molar-refractivity contribution in [2.75, 3.05) is 31.5 Å². The van der Waals surface area contributed by atoms with Crippen LogP contribution in [0.25, 0.3) is 11.5 Å². The monoisotopic (exact) mass is 512 g/mol. The van der Waals surface area contributed by atoms with Crippen molar-refractivity contribution in [3.8, 4) is 23.0 Å².